The number of ether oxygens (including phenoxy) is 2. The smallest absolute Gasteiger partial charge is 0.314 e. The molecule has 0 amide bonds. The third kappa shape index (κ3) is 3.94. The van der Waals surface area contributed by atoms with Crippen LogP contribution in [0.5, 0.6) is 0 Å². The molecular weight excluding hydrogens is 308 g/mol. The fraction of sp³-hybridized carbons (Fsp3) is 0.444. The molecule has 0 saturated carbocycles. The molecule has 0 radical (unpaired) electrons. The number of carbonyl (C=O) groups excluding carboxylic acids is 2. The number of hydrogen-bond acceptors (Lipinski definition) is 5. The number of fused-ring (bicyclic) bond motifs is 1. The second-order valence-corrected chi connectivity index (χ2v) is 5.44. The van der Waals surface area contributed by atoms with Gasteiger partial charge in [0.2, 0.25) is 0 Å². The van der Waals surface area contributed by atoms with Crippen LogP contribution in [0.15, 0.2) is 24.4 Å². The Kier molecular flexibility index (Phi) is 6.37. The molecule has 1 heterocycles. The minimum atomic E-state index is -0.694. The zero-order valence-electron chi connectivity index (χ0n) is 14.1. The van der Waals surface area contributed by atoms with Gasteiger partial charge in [0.15, 0.2) is 0 Å². The van der Waals surface area contributed by atoms with Crippen molar-refractivity contribution in [2.75, 3.05) is 19.8 Å². The van der Waals surface area contributed by atoms with Gasteiger partial charge in [-0.25, -0.2) is 0 Å². The molecular formula is C18H24N2O4. The average molecular weight is 332 g/mol. The van der Waals surface area contributed by atoms with Crippen molar-refractivity contribution in [3.05, 3.63) is 35.5 Å². The summed E-state index contributed by atoms with van der Waals surface area (Å²) in [4.78, 5) is 27.6. The highest BCUT2D eigenvalue weighted by Crippen LogP contribution is 2.32. The van der Waals surface area contributed by atoms with Gasteiger partial charge in [-0.3, -0.25) is 9.59 Å². The zero-order chi connectivity index (χ0) is 17.5. The summed E-state index contributed by atoms with van der Waals surface area (Å²) in [7, 11) is 0. The van der Waals surface area contributed by atoms with E-state index in [1.165, 1.54) is 0 Å². The Labute approximate surface area is 141 Å². The molecule has 3 N–H and O–H groups in total. The lowest BCUT2D eigenvalue weighted by Gasteiger charge is -2.17. The first-order chi connectivity index (χ1) is 11.6. The van der Waals surface area contributed by atoms with E-state index < -0.39 is 17.9 Å². The van der Waals surface area contributed by atoms with Crippen LogP contribution in [0.4, 0.5) is 0 Å². The standard InChI is InChI=1S/C18H24N2O4/c1-3-23-16(21)10-14(18(22)24-4-2)13-6-5-7-15-17(13)12(8-9-19)11-20-15/h5-7,11,14,20H,3-4,8-10,19H2,1-2H3. The molecule has 0 aliphatic rings. The third-order valence-corrected chi connectivity index (χ3v) is 3.86. The van der Waals surface area contributed by atoms with E-state index in [1.807, 2.05) is 24.4 Å². The molecule has 0 bridgehead atoms. The van der Waals surface area contributed by atoms with E-state index in [2.05, 4.69) is 4.98 Å². The summed E-state index contributed by atoms with van der Waals surface area (Å²) in [6.45, 7) is 4.53. The van der Waals surface area contributed by atoms with Crippen LogP contribution < -0.4 is 5.73 Å². The summed E-state index contributed by atoms with van der Waals surface area (Å²) in [5, 5.41) is 0.935. The number of rotatable bonds is 8. The Balaban J connectivity index is 2.48. The maximum absolute atomic E-state index is 12.5. The minimum Gasteiger partial charge on any atom is -0.466 e. The quantitative estimate of drug-likeness (QED) is 0.723. The summed E-state index contributed by atoms with van der Waals surface area (Å²) in [5.41, 5.74) is 8.39. The SMILES string of the molecule is CCOC(=O)CC(C(=O)OCC)c1cccc2[nH]cc(CCN)c12. The summed E-state index contributed by atoms with van der Waals surface area (Å²) in [5.74, 6) is -1.53. The Morgan fingerprint density at radius 3 is 2.62 bits per heavy atom. The highest BCUT2D eigenvalue weighted by atomic mass is 16.5. The predicted molar refractivity (Wildman–Crippen MR) is 91.7 cm³/mol. The summed E-state index contributed by atoms with van der Waals surface area (Å²) < 4.78 is 10.2. The highest BCUT2D eigenvalue weighted by molar-refractivity contribution is 5.94. The van der Waals surface area contributed by atoms with Crippen molar-refractivity contribution >= 4 is 22.8 Å². The number of esters is 2. The number of hydrogen-bond donors (Lipinski definition) is 2. The molecule has 0 aliphatic heterocycles. The first-order valence-corrected chi connectivity index (χ1v) is 8.23. The van der Waals surface area contributed by atoms with E-state index in [0.717, 1.165) is 22.0 Å². The maximum atomic E-state index is 12.5. The molecule has 2 rings (SSSR count). The molecule has 6 nitrogen and oxygen atoms in total. The van der Waals surface area contributed by atoms with E-state index in [1.54, 1.807) is 13.8 Å². The van der Waals surface area contributed by atoms with Crippen LogP contribution in [0.3, 0.4) is 0 Å². The Morgan fingerprint density at radius 1 is 1.21 bits per heavy atom. The van der Waals surface area contributed by atoms with Gasteiger partial charge in [-0.15, -0.1) is 0 Å². The van der Waals surface area contributed by atoms with Gasteiger partial charge in [-0.1, -0.05) is 12.1 Å². The van der Waals surface area contributed by atoms with Crippen LogP contribution in [-0.2, 0) is 25.5 Å². The predicted octanol–water partition coefficient (Wildman–Crippen LogP) is 2.27. The molecule has 130 valence electrons. The van der Waals surface area contributed by atoms with Gasteiger partial charge in [-0.05, 0) is 44.0 Å². The summed E-state index contributed by atoms with van der Waals surface area (Å²) in [6.07, 6.45) is 2.54. The molecule has 24 heavy (non-hydrogen) atoms. The molecule has 1 aromatic carbocycles. The van der Waals surface area contributed by atoms with E-state index in [4.69, 9.17) is 15.2 Å². The normalized spacial score (nSPS) is 12.1. The van der Waals surface area contributed by atoms with Crippen molar-refractivity contribution in [2.24, 2.45) is 5.73 Å². The molecule has 1 unspecified atom stereocenters. The summed E-state index contributed by atoms with van der Waals surface area (Å²) >= 11 is 0. The number of nitrogens with two attached hydrogens (primary N) is 1. The van der Waals surface area contributed by atoms with Crippen molar-refractivity contribution < 1.29 is 19.1 Å². The molecule has 0 spiro atoms. The Bertz CT molecular complexity index is 708. The number of aromatic amines is 1. The highest BCUT2D eigenvalue weighted by Gasteiger charge is 2.28. The van der Waals surface area contributed by atoms with Crippen molar-refractivity contribution in [1.82, 2.24) is 4.98 Å². The van der Waals surface area contributed by atoms with Gasteiger partial charge >= 0.3 is 11.9 Å². The molecule has 6 heteroatoms. The number of nitrogens with one attached hydrogen (secondary N) is 1. The molecule has 0 saturated heterocycles. The monoisotopic (exact) mass is 332 g/mol. The molecule has 1 atom stereocenters. The van der Waals surface area contributed by atoms with Crippen LogP contribution in [-0.4, -0.2) is 36.7 Å². The molecule has 0 aliphatic carbocycles. The lowest BCUT2D eigenvalue weighted by Crippen LogP contribution is -2.21. The van der Waals surface area contributed by atoms with Crippen molar-refractivity contribution in [1.29, 1.82) is 0 Å². The van der Waals surface area contributed by atoms with Crippen molar-refractivity contribution in [3.63, 3.8) is 0 Å². The molecule has 2 aromatic rings. The van der Waals surface area contributed by atoms with E-state index in [0.29, 0.717) is 13.0 Å². The van der Waals surface area contributed by atoms with Crippen LogP contribution in [0.25, 0.3) is 10.9 Å². The van der Waals surface area contributed by atoms with Gasteiger partial charge < -0.3 is 20.2 Å². The first kappa shape index (κ1) is 18.0. The lowest BCUT2D eigenvalue weighted by atomic mass is 9.91. The van der Waals surface area contributed by atoms with Crippen molar-refractivity contribution in [2.45, 2.75) is 32.6 Å². The number of benzene rings is 1. The molecule has 1 aromatic heterocycles. The van der Waals surface area contributed by atoms with Crippen LogP contribution >= 0.6 is 0 Å². The Morgan fingerprint density at radius 2 is 1.96 bits per heavy atom. The topological polar surface area (TPSA) is 94.4 Å². The fourth-order valence-electron chi connectivity index (χ4n) is 2.88. The van der Waals surface area contributed by atoms with Crippen molar-refractivity contribution in [3.8, 4) is 0 Å². The minimum absolute atomic E-state index is 0.0426. The second kappa shape index (κ2) is 8.49. The largest absolute Gasteiger partial charge is 0.466 e. The number of carbonyl (C=O) groups is 2. The van der Waals surface area contributed by atoms with Crippen LogP contribution in [0.2, 0.25) is 0 Å². The second-order valence-electron chi connectivity index (χ2n) is 5.44. The van der Waals surface area contributed by atoms with E-state index in [9.17, 15) is 9.59 Å². The van der Waals surface area contributed by atoms with Gasteiger partial charge in [-0.2, -0.15) is 0 Å². The number of aromatic nitrogens is 1. The fourth-order valence-corrected chi connectivity index (χ4v) is 2.88. The molecule has 0 fully saturated rings. The average Bonchev–Trinajstić information content (AvgIpc) is 2.97. The summed E-state index contributed by atoms with van der Waals surface area (Å²) in [6, 6.07) is 5.65. The van der Waals surface area contributed by atoms with E-state index in [-0.39, 0.29) is 19.6 Å². The lowest BCUT2D eigenvalue weighted by molar-refractivity contribution is -0.151. The van der Waals surface area contributed by atoms with Crippen LogP contribution in [0.1, 0.15) is 37.3 Å². The maximum Gasteiger partial charge on any atom is 0.314 e. The van der Waals surface area contributed by atoms with Gasteiger partial charge in [0, 0.05) is 17.1 Å². The van der Waals surface area contributed by atoms with Crippen LogP contribution in [0, 0.1) is 0 Å². The zero-order valence-corrected chi connectivity index (χ0v) is 14.1. The first-order valence-electron chi connectivity index (χ1n) is 8.23. The van der Waals surface area contributed by atoms with E-state index >= 15 is 0 Å². The van der Waals surface area contributed by atoms with Gasteiger partial charge in [0.25, 0.3) is 0 Å². The third-order valence-electron chi connectivity index (χ3n) is 3.86. The van der Waals surface area contributed by atoms with Gasteiger partial charge in [0.05, 0.1) is 25.6 Å². The Hall–Kier alpha value is -2.34. The number of H-pyrrole nitrogens is 1. The van der Waals surface area contributed by atoms with Gasteiger partial charge in [0.1, 0.15) is 0 Å².